The monoisotopic (exact) mass is 270 g/mol. The van der Waals surface area contributed by atoms with Crippen LogP contribution in [0.5, 0.6) is 0 Å². The summed E-state index contributed by atoms with van der Waals surface area (Å²) in [4.78, 5) is 26.7. The van der Waals surface area contributed by atoms with Crippen LogP contribution in [0.4, 0.5) is 0 Å². The van der Waals surface area contributed by atoms with Crippen molar-refractivity contribution in [3.63, 3.8) is 0 Å². The molecule has 5 heteroatoms. The zero-order valence-electron chi connectivity index (χ0n) is 10.7. The van der Waals surface area contributed by atoms with Crippen LogP contribution < -0.4 is 5.32 Å². The Kier molecular flexibility index (Phi) is 4.44. The Morgan fingerprint density at radius 3 is 2.55 bits per heavy atom. The second kappa shape index (κ2) is 6.47. The van der Waals surface area contributed by atoms with Crippen LogP contribution in [0.2, 0.25) is 0 Å². The molecule has 0 fully saturated rings. The van der Waals surface area contributed by atoms with E-state index in [1.807, 2.05) is 30.3 Å². The van der Waals surface area contributed by atoms with Gasteiger partial charge in [-0.1, -0.05) is 30.3 Å². The Morgan fingerprint density at radius 2 is 1.85 bits per heavy atom. The molecule has 1 aromatic heterocycles. The van der Waals surface area contributed by atoms with Gasteiger partial charge in [0.15, 0.2) is 0 Å². The quantitative estimate of drug-likeness (QED) is 0.867. The van der Waals surface area contributed by atoms with Crippen molar-refractivity contribution >= 4 is 11.9 Å². The Labute approximate surface area is 116 Å². The van der Waals surface area contributed by atoms with E-state index in [1.165, 1.54) is 18.5 Å². The van der Waals surface area contributed by atoms with E-state index in [4.69, 9.17) is 5.11 Å². The van der Waals surface area contributed by atoms with Crippen molar-refractivity contribution in [3.8, 4) is 0 Å². The van der Waals surface area contributed by atoms with E-state index in [0.29, 0.717) is 13.0 Å². The lowest BCUT2D eigenvalue weighted by Crippen LogP contribution is -2.27. The van der Waals surface area contributed by atoms with Crippen molar-refractivity contribution in [2.24, 2.45) is 0 Å². The molecule has 0 saturated heterocycles. The number of carbonyl (C=O) groups is 2. The highest BCUT2D eigenvalue weighted by atomic mass is 16.4. The third-order valence-corrected chi connectivity index (χ3v) is 2.84. The highest BCUT2D eigenvalue weighted by molar-refractivity contribution is 6.04. The van der Waals surface area contributed by atoms with Crippen molar-refractivity contribution in [1.29, 1.82) is 0 Å². The standard InChI is InChI=1S/C15H14N2O3/c18-14(12-7-8-16-10-13(12)15(19)20)17-9-6-11-4-2-1-3-5-11/h1-5,7-8,10H,6,9H2,(H,17,18)(H,19,20). The number of hydrogen-bond donors (Lipinski definition) is 2. The van der Waals surface area contributed by atoms with E-state index in [1.54, 1.807) is 0 Å². The van der Waals surface area contributed by atoms with Gasteiger partial charge in [0.2, 0.25) is 0 Å². The van der Waals surface area contributed by atoms with Crippen LogP contribution in [0, 0.1) is 0 Å². The zero-order chi connectivity index (χ0) is 14.4. The summed E-state index contributed by atoms with van der Waals surface area (Å²) in [5.74, 6) is -1.56. The number of benzene rings is 1. The number of nitrogens with one attached hydrogen (secondary N) is 1. The van der Waals surface area contributed by atoms with Crippen LogP contribution >= 0.6 is 0 Å². The molecule has 0 unspecified atom stereocenters. The lowest BCUT2D eigenvalue weighted by atomic mass is 10.1. The van der Waals surface area contributed by atoms with Gasteiger partial charge in [-0.05, 0) is 18.1 Å². The molecule has 0 aliphatic heterocycles. The average molecular weight is 270 g/mol. The molecule has 1 aromatic carbocycles. The SMILES string of the molecule is O=C(O)c1cnccc1C(=O)NCCc1ccccc1. The Hall–Kier alpha value is -2.69. The number of amides is 1. The van der Waals surface area contributed by atoms with Gasteiger partial charge < -0.3 is 10.4 Å². The molecule has 0 saturated carbocycles. The van der Waals surface area contributed by atoms with Crippen LogP contribution in [0.1, 0.15) is 26.3 Å². The van der Waals surface area contributed by atoms with E-state index in [9.17, 15) is 9.59 Å². The molecule has 0 aliphatic carbocycles. The summed E-state index contributed by atoms with van der Waals surface area (Å²) < 4.78 is 0. The molecule has 5 nitrogen and oxygen atoms in total. The summed E-state index contributed by atoms with van der Waals surface area (Å²) in [5.41, 5.74) is 1.14. The first-order chi connectivity index (χ1) is 9.68. The van der Waals surface area contributed by atoms with Gasteiger partial charge in [0.25, 0.3) is 5.91 Å². The van der Waals surface area contributed by atoms with Crippen molar-refractivity contribution in [2.45, 2.75) is 6.42 Å². The minimum atomic E-state index is -1.16. The van der Waals surface area contributed by atoms with Gasteiger partial charge in [-0.15, -0.1) is 0 Å². The van der Waals surface area contributed by atoms with Crippen LogP contribution in [-0.2, 0) is 6.42 Å². The number of carbonyl (C=O) groups excluding carboxylic acids is 1. The van der Waals surface area contributed by atoms with Crippen molar-refractivity contribution in [3.05, 3.63) is 65.5 Å². The Bertz CT molecular complexity index is 612. The minimum Gasteiger partial charge on any atom is -0.478 e. The second-order valence-electron chi connectivity index (χ2n) is 4.22. The molecule has 0 radical (unpaired) electrons. The van der Waals surface area contributed by atoms with E-state index < -0.39 is 11.9 Å². The van der Waals surface area contributed by atoms with Crippen molar-refractivity contribution < 1.29 is 14.7 Å². The summed E-state index contributed by atoms with van der Waals surface area (Å²) in [7, 11) is 0. The lowest BCUT2D eigenvalue weighted by Gasteiger charge is -2.07. The second-order valence-corrected chi connectivity index (χ2v) is 4.22. The van der Waals surface area contributed by atoms with Gasteiger partial charge in [-0.25, -0.2) is 4.79 Å². The molecule has 2 aromatic rings. The number of aromatic carboxylic acids is 1. The number of nitrogens with zero attached hydrogens (tertiary/aromatic N) is 1. The van der Waals surface area contributed by atoms with Crippen LogP contribution in [-0.4, -0.2) is 28.5 Å². The zero-order valence-corrected chi connectivity index (χ0v) is 10.7. The lowest BCUT2D eigenvalue weighted by molar-refractivity contribution is 0.0690. The molecule has 2 rings (SSSR count). The molecule has 0 aliphatic rings. The van der Waals surface area contributed by atoms with Gasteiger partial charge in [-0.3, -0.25) is 9.78 Å². The number of rotatable bonds is 5. The van der Waals surface area contributed by atoms with Crippen LogP contribution in [0.15, 0.2) is 48.8 Å². The predicted octanol–water partition coefficient (Wildman–Crippen LogP) is 1.75. The van der Waals surface area contributed by atoms with E-state index in [2.05, 4.69) is 10.3 Å². The third-order valence-electron chi connectivity index (χ3n) is 2.84. The smallest absolute Gasteiger partial charge is 0.338 e. The first-order valence-electron chi connectivity index (χ1n) is 6.18. The number of carboxylic acids is 1. The van der Waals surface area contributed by atoms with E-state index in [0.717, 1.165) is 5.56 Å². The van der Waals surface area contributed by atoms with Gasteiger partial charge in [0.05, 0.1) is 11.1 Å². The molecule has 0 spiro atoms. The third kappa shape index (κ3) is 3.41. The molecule has 1 heterocycles. The van der Waals surface area contributed by atoms with E-state index in [-0.39, 0.29) is 11.1 Å². The average Bonchev–Trinajstić information content (AvgIpc) is 2.48. The summed E-state index contributed by atoms with van der Waals surface area (Å²) >= 11 is 0. The maximum atomic E-state index is 12.0. The topological polar surface area (TPSA) is 79.3 Å². The van der Waals surface area contributed by atoms with Gasteiger partial charge >= 0.3 is 5.97 Å². The molecule has 102 valence electrons. The number of aromatic nitrogens is 1. The first-order valence-corrected chi connectivity index (χ1v) is 6.18. The number of carboxylic acid groups (broad SMARTS) is 1. The van der Waals surface area contributed by atoms with Crippen LogP contribution in [0.3, 0.4) is 0 Å². The predicted molar refractivity (Wildman–Crippen MR) is 73.7 cm³/mol. The fourth-order valence-electron chi connectivity index (χ4n) is 1.82. The summed E-state index contributed by atoms with van der Waals surface area (Å²) in [6, 6.07) is 11.1. The summed E-state index contributed by atoms with van der Waals surface area (Å²) in [6.07, 6.45) is 3.27. The molecule has 1 amide bonds. The molecule has 0 bridgehead atoms. The Balaban J connectivity index is 1.97. The van der Waals surface area contributed by atoms with Crippen LogP contribution in [0.25, 0.3) is 0 Å². The Morgan fingerprint density at radius 1 is 1.10 bits per heavy atom. The van der Waals surface area contributed by atoms with E-state index >= 15 is 0 Å². The molecular formula is C15H14N2O3. The number of pyridine rings is 1. The number of hydrogen-bond acceptors (Lipinski definition) is 3. The maximum Gasteiger partial charge on any atom is 0.338 e. The normalized spacial score (nSPS) is 10.0. The van der Waals surface area contributed by atoms with Gasteiger partial charge in [0, 0.05) is 18.9 Å². The maximum absolute atomic E-state index is 12.0. The highest BCUT2D eigenvalue weighted by Gasteiger charge is 2.15. The molecule has 0 atom stereocenters. The van der Waals surface area contributed by atoms with Gasteiger partial charge in [0.1, 0.15) is 0 Å². The molecule has 2 N–H and O–H groups in total. The summed E-state index contributed by atoms with van der Waals surface area (Å²) in [5, 5.41) is 11.7. The highest BCUT2D eigenvalue weighted by Crippen LogP contribution is 2.07. The summed E-state index contributed by atoms with van der Waals surface area (Å²) in [6.45, 7) is 0.449. The molecular weight excluding hydrogens is 256 g/mol. The van der Waals surface area contributed by atoms with Gasteiger partial charge in [-0.2, -0.15) is 0 Å². The largest absolute Gasteiger partial charge is 0.478 e. The van der Waals surface area contributed by atoms with Crippen molar-refractivity contribution in [1.82, 2.24) is 10.3 Å². The fraction of sp³-hybridized carbons (Fsp3) is 0.133. The molecule has 20 heavy (non-hydrogen) atoms. The first kappa shape index (κ1) is 13.7. The van der Waals surface area contributed by atoms with Crippen molar-refractivity contribution in [2.75, 3.05) is 6.54 Å². The fourth-order valence-corrected chi connectivity index (χ4v) is 1.82. The minimum absolute atomic E-state index is 0.0929.